The Balaban J connectivity index is 2.82. The van der Waals surface area contributed by atoms with E-state index in [-0.39, 0.29) is 17.0 Å². The molecule has 0 atom stereocenters. The predicted octanol–water partition coefficient (Wildman–Crippen LogP) is 2.50. The first kappa shape index (κ1) is 15.6. The van der Waals surface area contributed by atoms with Gasteiger partial charge in [0.1, 0.15) is 5.75 Å². The number of hydrogen-bond donors (Lipinski definition) is 2. The van der Waals surface area contributed by atoms with E-state index in [1.165, 1.54) is 19.2 Å². The highest BCUT2D eigenvalue weighted by atomic mass is 19.4. The molecular formula is C11H10F3NO5. The molecule has 0 fully saturated rings. The number of carbonyl (C=O) groups is 2. The number of rotatable bonds is 4. The van der Waals surface area contributed by atoms with Crippen LogP contribution in [0.2, 0.25) is 0 Å². The summed E-state index contributed by atoms with van der Waals surface area (Å²) in [6.45, 7) is -1.75. The lowest BCUT2D eigenvalue weighted by Gasteiger charge is -2.12. The first-order valence-corrected chi connectivity index (χ1v) is 5.15. The fourth-order valence-electron chi connectivity index (χ4n) is 1.23. The molecule has 1 aromatic carbocycles. The number of methoxy groups -OCH3 is 1. The van der Waals surface area contributed by atoms with Crippen LogP contribution in [0.1, 0.15) is 10.4 Å². The molecule has 1 aromatic rings. The van der Waals surface area contributed by atoms with Crippen LogP contribution in [-0.2, 0) is 4.74 Å². The number of carbonyl (C=O) groups excluding carboxylic acids is 1. The zero-order valence-electron chi connectivity index (χ0n) is 10.2. The molecule has 0 spiro atoms. The third-order valence-corrected chi connectivity index (χ3v) is 2.05. The van der Waals surface area contributed by atoms with Crippen molar-refractivity contribution in [3.8, 4) is 5.75 Å². The van der Waals surface area contributed by atoms with E-state index < -0.39 is 24.8 Å². The monoisotopic (exact) mass is 293 g/mol. The number of ether oxygens (including phenoxy) is 2. The molecule has 1 amide bonds. The average molecular weight is 293 g/mol. The van der Waals surface area contributed by atoms with Crippen molar-refractivity contribution >= 4 is 17.7 Å². The molecule has 1 rings (SSSR count). The second kappa shape index (κ2) is 6.13. The molecule has 110 valence electrons. The van der Waals surface area contributed by atoms with Crippen molar-refractivity contribution in [3.63, 3.8) is 0 Å². The molecule has 9 heteroatoms. The van der Waals surface area contributed by atoms with E-state index in [0.717, 1.165) is 6.07 Å². The second-order valence-electron chi connectivity index (χ2n) is 3.54. The smallest absolute Gasteiger partial charge is 0.422 e. The van der Waals surface area contributed by atoms with E-state index in [0.29, 0.717) is 0 Å². The molecule has 0 aliphatic heterocycles. The van der Waals surface area contributed by atoms with Gasteiger partial charge in [0.25, 0.3) is 0 Å². The number of anilines is 1. The minimum absolute atomic E-state index is 0.0824. The molecule has 0 aliphatic rings. The minimum Gasteiger partial charge on any atom is -0.495 e. The highest BCUT2D eigenvalue weighted by molar-refractivity contribution is 5.93. The fraction of sp³-hybridized carbons (Fsp3) is 0.273. The van der Waals surface area contributed by atoms with E-state index in [4.69, 9.17) is 9.84 Å². The molecule has 0 saturated heterocycles. The Morgan fingerprint density at radius 3 is 2.50 bits per heavy atom. The summed E-state index contributed by atoms with van der Waals surface area (Å²) in [6.07, 6.45) is -6.02. The van der Waals surface area contributed by atoms with Crippen molar-refractivity contribution in [2.75, 3.05) is 19.0 Å². The number of alkyl halides is 3. The van der Waals surface area contributed by atoms with E-state index in [1.807, 2.05) is 5.32 Å². The van der Waals surface area contributed by atoms with Crippen molar-refractivity contribution in [3.05, 3.63) is 23.8 Å². The molecule has 0 radical (unpaired) electrons. The van der Waals surface area contributed by atoms with E-state index in [9.17, 15) is 22.8 Å². The van der Waals surface area contributed by atoms with Crippen LogP contribution in [0, 0.1) is 0 Å². The van der Waals surface area contributed by atoms with Crippen LogP contribution in [0.3, 0.4) is 0 Å². The molecule has 0 heterocycles. The summed E-state index contributed by atoms with van der Waals surface area (Å²) >= 11 is 0. The Bertz CT molecular complexity index is 515. The number of amides is 1. The van der Waals surface area contributed by atoms with Crippen LogP contribution >= 0.6 is 0 Å². The van der Waals surface area contributed by atoms with Gasteiger partial charge in [-0.25, -0.2) is 9.59 Å². The standard InChI is InChI=1S/C11H10F3NO5/c1-19-8-3-2-6(9(16)17)4-7(8)15-10(18)20-5-11(12,13)14/h2-4H,5H2,1H3,(H,15,18)(H,16,17). The van der Waals surface area contributed by atoms with Gasteiger partial charge in [0.15, 0.2) is 6.61 Å². The van der Waals surface area contributed by atoms with E-state index in [1.54, 1.807) is 0 Å². The van der Waals surface area contributed by atoms with Crippen LogP contribution in [-0.4, -0.2) is 37.1 Å². The van der Waals surface area contributed by atoms with Crippen molar-refractivity contribution in [1.29, 1.82) is 0 Å². The van der Waals surface area contributed by atoms with Gasteiger partial charge in [-0.1, -0.05) is 0 Å². The maximum Gasteiger partial charge on any atom is 0.422 e. The molecule has 0 aromatic heterocycles. The number of nitrogens with one attached hydrogen (secondary N) is 1. The lowest BCUT2D eigenvalue weighted by atomic mass is 10.2. The average Bonchev–Trinajstić information content (AvgIpc) is 2.35. The molecular weight excluding hydrogens is 283 g/mol. The Hall–Kier alpha value is -2.45. The van der Waals surface area contributed by atoms with Gasteiger partial charge in [-0.2, -0.15) is 13.2 Å². The SMILES string of the molecule is COc1ccc(C(=O)O)cc1NC(=O)OCC(F)(F)F. The van der Waals surface area contributed by atoms with Gasteiger partial charge >= 0.3 is 18.2 Å². The van der Waals surface area contributed by atoms with Crippen molar-refractivity contribution in [1.82, 2.24) is 0 Å². The van der Waals surface area contributed by atoms with Crippen LogP contribution < -0.4 is 10.1 Å². The zero-order chi connectivity index (χ0) is 15.3. The maximum atomic E-state index is 11.9. The van der Waals surface area contributed by atoms with Gasteiger partial charge < -0.3 is 14.6 Å². The third kappa shape index (κ3) is 4.67. The third-order valence-electron chi connectivity index (χ3n) is 2.05. The molecule has 20 heavy (non-hydrogen) atoms. The van der Waals surface area contributed by atoms with Gasteiger partial charge in [0.05, 0.1) is 18.4 Å². The molecule has 0 bridgehead atoms. The van der Waals surface area contributed by atoms with Crippen LogP contribution in [0.25, 0.3) is 0 Å². The number of carboxylic acids is 1. The number of carboxylic acid groups (broad SMARTS) is 1. The minimum atomic E-state index is -4.65. The molecule has 0 aliphatic carbocycles. The van der Waals surface area contributed by atoms with Gasteiger partial charge in [-0.05, 0) is 18.2 Å². The molecule has 0 saturated carbocycles. The summed E-state index contributed by atoms with van der Waals surface area (Å²) in [5, 5.41) is 10.8. The summed E-state index contributed by atoms with van der Waals surface area (Å²) in [5.41, 5.74) is -0.281. The van der Waals surface area contributed by atoms with Crippen molar-refractivity contribution in [2.45, 2.75) is 6.18 Å². The zero-order valence-corrected chi connectivity index (χ0v) is 10.2. The van der Waals surface area contributed by atoms with Crippen molar-refractivity contribution < 1.29 is 37.3 Å². The lowest BCUT2D eigenvalue weighted by molar-refractivity contribution is -0.159. The second-order valence-corrected chi connectivity index (χ2v) is 3.54. The highest BCUT2D eigenvalue weighted by Gasteiger charge is 2.29. The number of hydrogen-bond acceptors (Lipinski definition) is 4. The predicted molar refractivity (Wildman–Crippen MR) is 61.0 cm³/mol. The Labute approximate surface area is 111 Å². The quantitative estimate of drug-likeness (QED) is 0.891. The summed E-state index contributed by atoms with van der Waals surface area (Å²) in [7, 11) is 1.25. The largest absolute Gasteiger partial charge is 0.495 e. The topological polar surface area (TPSA) is 84.9 Å². The molecule has 0 unspecified atom stereocenters. The fourth-order valence-corrected chi connectivity index (χ4v) is 1.23. The summed E-state index contributed by atoms with van der Waals surface area (Å²) < 4.78 is 44.4. The number of halogens is 3. The molecule has 6 nitrogen and oxygen atoms in total. The van der Waals surface area contributed by atoms with Crippen LogP contribution in [0.5, 0.6) is 5.75 Å². The Morgan fingerprint density at radius 1 is 1.35 bits per heavy atom. The first-order valence-electron chi connectivity index (χ1n) is 5.15. The normalized spacial score (nSPS) is 10.8. The maximum absolute atomic E-state index is 11.9. The Kier molecular flexibility index (Phi) is 4.78. The first-order chi connectivity index (χ1) is 9.23. The van der Waals surface area contributed by atoms with Gasteiger partial charge in [0.2, 0.25) is 0 Å². The highest BCUT2D eigenvalue weighted by Crippen LogP contribution is 2.26. The summed E-state index contributed by atoms with van der Waals surface area (Å²) in [6, 6.07) is 3.51. The van der Waals surface area contributed by atoms with Crippen molar-refractivity contribution in [2.24, 2.45) is 0 Å². The molecule has 2 N–H and O–H groups in total. The van der Waals surface area contributed by atoms with Crippen LogP contribution in [0.15, 0.2) is 18.2 Å². The Morgan fingerprint density at radius 2 is 2.00 bits per heavy atom. The summed E-state index contributed by atoms with van der Waals surface area (Å²) in [4.78, 5) is 21.9. The van der Waals surface area contributed by atoms with Crippen LogP contribution in [0.4, 0.5) is 23.7 Å². The summed E-state index contributed by atoms with van der Waals surface area (Å²) in [5.74, 6) is -1.18. The van der Waals surface area contributed by atoms with Gasteiger partial charge in [-0.15, -0.1) is 0 Å². The van der Waals surface area contributed by atoms with Gasteiger partial charge in [-0.3, -0.25) is 5.32 Å². The lowest BCUT2D eigenvalue weighted by Crippen LogP contribution is -2.23. The van der Waals surface area contributed by atoms with E-state index in [2.05, 4.69) is 4.74 Å². The van der Waals surface area contributed by atoms with E-state index >= 15 is 0 Å². The number of aromatic carboxylic acids is 1. The number of benzene rings is 1. The van der Waals surface area contributed by atoms with Gasteiger partial charge in [0, 0.05) is 0 Å².